The van der Waals surface area contributed by atoms with Crippen LogP contribution < -0.4 is 5.56 Å². The number of allylic oxidation sites excluding steroid dienone is 3. The molecule has 1 aromatic heterocycles. The first-order valence-corrected chi connectivity index (χ1v) is 12.7. The second-order valence-electron chi connectivity index (χ2n) is 9.78. The fraction of sp³-hybridized carbons (Fsp3) is 0.300. The minimum Gasteiger partial charge on any atom is -0.481 e. The maximum atomic E-state index is 13.6. The second kappa shape index (κ2) is 10.6. The van der Waals surface area contributed by atoms with Crippen molar-refractivity contribution in [3.63, 3.8) is 0 Å². The number of aromatic nitrogens is 2. The Labute approximate surface area is 219 Å². The molecule has 0 radical (unpaired) electrons. The molecule has 0 spiro atoms. The van der Waals surface area contributed by atoms with E-state index in [4.69, 9.17) is 14.9 Å². The zero-order valence-corrected chi connectivity index (χ0v) is 21.1. The van der Waals surface area contributed by atoms with Crippen molar-refractivity contribution >= 4 is 22.6 Å². The van der Waals surface area contributed by atoms with Crippen LogP contribution in [0.2, 0.25) is 0 Å². The summed E-state index contributed by atoms with van der Waals surface area (Å²) in [5.41, 5.74) is 6.06. The normalized spacial score (nSPS) is 18.7. The first-order valence-electron chi connectivity index (χ1n) is 12.7. The van der Waals surface area contributed by atoms with E-state index in [0.29, 0.717) is 48.1 Å². The van der Waals surface area contributed by atoms with E-state index in [2.05, 4.69) is 10.9 Å². The Morgan fingerprint density at radius 2 is 2.03 bits per heavy atom. The van der Waals surface area contributed by atoms with Gasteiger partial charge in [-0.3, -0.25) is 14.2 Å². The van der Waals surface area contributed by atoms with Gasteiger partial charge in [0.2, 0.25) is 0 Å². The van der Waals surface area contributed by atoms with E-state index in [-0.39, 0.29) is 12.0 Å². The number of aryl methyl sites for hydroxylation is 1. The van der Waals surface area contributed by atoms with Gasteiger partial charge in [-0.25, -0.2) is 9.37 Å². The summed E-state index contributed by atoms with van der Waals surface area (Å²) >= 11 is 0. The number of carboxylic acids is 1. The molecule has 0 saturated heterocycles. The summed E-state index contributed by atoms with van der Waals surface area (Å²) in [6.07, 6.45) is 9.72. The molecule has 5 rings (SSSR count). The van der Waals surface area contributed by atoms with Gasteiger partial charge in [-0.15, -0.1) is 5.73 Å². The fourth-order valence-corrected chi connectivity index (χ4v) is 4.86. The fourth-order valence-electron chi connectivity index (χ4n) is 4.86. The third kappa shape index (κ3) is 5.22. The summed E-state index contributed by atoms with van der Waals surface area (Å²) < 4.78 is 15.1. The minimum atomic E-state index is -0.865. The Kier molecular flexibility index (Phi) is 7.07. The van der Waals surface area contributed by atoms with E-state index in [1.165, 1.54) is 16.7 Å². The zero-order chi connectivity index (χ0) is 26.7. The molecule has 1 unspecified atom stereocenters. The average Bonchev–Trinajstić information content (AvgIpc) is 3.11. The summed E-state index contributed by atoms with van der Waals surface area (Å²) in [6.45, 7) is 1.97. The molecule has 1 aliphatic heterocycles. The number of hydrogen-bond donors (Lipinski definition) is 1. The maximum absolute atomic E-state index is 13.6. The van der Waals surface area contributed by atoms with Crippen LogP contribution in [0.15, 0.2) is 81.9 Å². The van der Waals surface area contributed by atoms with E-state index in [0.717, 1.165) is 29.7 Å². The molecule has 1 aliphatic carbocycles. The molecule has 7 nitrogen and oxygen atoms in total. The molecule has 2 aromatic carbocycles. The van der Waals surface area contributed by atoms with E-state index in [1.807, 2.05) is 37.3 Å². The minimum absolute atomic E-state index is 0.0405. The van der Waals surface area contributed by atoms with E-state index >= 15 is 0 Å². The molecule has 38 heavy (non-hydrogen) atoms. The second-order valence-corrected chi connectivity index (χ2v) is 9.78. The lowest BCUT2D eigenvalue weighted by atomic mass is 9.87. The number of benzene rings is 2. The van der Waals surface area contributed by atoms with E-state index in [1.54, 1.807) is 18.2 Å². The van der Waals surface area contributed by atoms with Crippen LogP contribution in [0.5, 0.6) is 0 Å². The van der Waals surface area contributed by atoms with Gasteiger partial charge in [0.25, 0.3) is 5.56 Å². The highest BCUT2D eigenvalue weighted by molar-refractivity contribution is 6.01. The summed E-state index contributed by atoms with van der Waals surface area (Å²) in [7, 11) is 0. The number of hydrogen-bond acceptors (Lipinski definition) is 5. The van der Waals surface area contributed by atoms with Crippen LogP contribution in [-0.2, 0) is 21.7 Å². The highest BCUT2D eigenvalue weighted by atomic mass is 19.1. The van der Waals surface area contributed by atoms with E-state index < -0.39 is 17.4 Å². The van der Waals surface area contributed by atoms with Crippen molar-refractivity contribution in [3.05, 3.63) is 99.6 Å². The molecular formula is C30H28FN3O4. The van der Waals surface area contributed by atoms with Gasteiger partial charge in [-0.2, -0.15) is 0 Å². The lowest BCUT2D eigenvalue weighted by Crippen LogP contribution is -2.25. The van der Waals surface area contributed by atoms with Crippen molar-refractivity contribution in [2.75, 3.05) is 0 Å². The van der Waals surface area contributed by atoms with Crippen LogP contribution in [0, 0.1) is 5.82 Å². The maximum Gasteiger partial charge on any atom is 0.303 e. The molecule has 1 atom stereocenters. The SMILES string of the molecule is CC1(c2ccc3c(=O)n(-c4ccc(F)cc4)c(CCCCC(=O)O)nc3c2)CC(C2=CC=C=CCC2)=NO1. The standard InChI is InChI=1S/C30H28FN3O4/c1-30(19-26(33-38-30)20-8-4-2-3-5-9-20)21-12-17-24-25(18-21)32-27(10-6-7-11-28(35)36)34(29(24)37)23-15-13-22(31)14-16-23/h2,5,9,12-18H,4,6-8,10-11,19H2,1H3,(H,35,36). The topological polar surface area (TPSA) is 93.8 Å². The van der Waals surface area contributed by atoms with Crippen molar-refractivity contribution in [1.82, 2.24) is 9.55 Å². The van der Waals surface area contributed by atoms with Gasteiger partial charge in [0, 0.05) is 24.8 Å². The lowest BCUT2D eigenvalue weighted by molar-refractivity contribution is -0.137. The summed E-state index contributed by atoms with van der Waals surface area (Å²) in [6, 6.07) is 11.2. The summed E-state index contributed by atoms with van der Waals surface area (Å²) in [5, 5.41) is 13.8. The molecule has 0 amide bonds. The molecule has 194 valence electrons. The molecular weight excluding hydrogens is 485 g/mol. The van der Waals surface area contributed by atoms with E-state index in [9.17, 15) is 14.0 Å². The van der Waals surface area contributed by atoms with Crippen molar-refractivity contribution in [2.45, 2.75) is 57.5 Å². The highest BCUT2D eigenvalue weighted by Crippen LogP contribution is 2.37. The Balaban J connectivity index is 1.50. The summed E-state index contributed by atoms with van der Waals surface area (Å²) in [4.78, 5) is 35.4. The van der Waals surface area contributed by atoms with Crippen LogP contribution in [0.4, 0.5) is 4.39 Å². The van der Waals surface area contributed by atoms with Gasteiger partial charge < -0.3 is 9.94 Å². The monoisotopic (exact) mass is 513 g/mol. The number of oxime groups is 1. The third-order valence-electron chi connectivity index (χ3n) is 6.96. The highest BCUT2D eigenvalue weighted by Gasteiger charge is 2.37. The molecule has 2 heterocycles. The Morgan fingerprint density at radius 3 is 2.82 bits per heavy atom. The number of carbonyl (C=O) groups is 1. The molecule has 0 fully saturated rings. The van der Waals surface area contributed by atoms with Crippen molar-refractivity contribution < 1.29 is 19.1 Å². The van der Waals surface area contributed by atoms with Crippen molar-refractivity contribution in [2.24, 2.45) is 5.16 Å². The Hall–Kier alpha value is -4.29. The number of nitrogens with zero attached hydrogens (tertiary/aromatic N) is 3. The first kappa shape index (κ1) is 25.4. The Bertz CT molecular complexity index is 1580. The number of carboxylic acid groups (broad SMARTS) is 1. The number of halogens is 1. The largest absolute Gasteiger partial charge is 0.481 e. The first-order chi connectivity index (χ1) is 18.3. The quantitative estimate of drug-likeness (QED) is 0.306. The lowest BCUT2D eigenvalue weighted by Gasteiger charge is -2.23. The van der Waals surface area contributed by atoms with Gasteiger partial charge >= 0.3 is 5.97 Å². The predicted octanol–water partition coefficient (Wildman–Crippen LogP) is 5.75. The van der Waals surface area contributed by atoms with Crippen LogP contribution in [0.3, 0.4) is 0 Å². The number of rotatable bonds is 8. The Morgan fingerprint density at radius 1 is 1.21 bits per heavy atom. The molecule has 0 bridgehead atoms. The van der Waals surface area contributed by atoms with Crippen LogP contribution >= 0.6 is 0 Å². The van der Waals surface area contributed by atoms with Crippen molar-refractivity contribution in [3.8, 4) is 5.69 Å². The number of fused-ring (bicyclic) bond motifs is 1. The molecule has 0 saturated carbocycles. The van der Waals surface area contributed by atoms with Crippen LogP contribution in [0.1, 0.15) is 56.8 Å². The third-order valence-corrected chi connectivity index (χ3v) is 6.96. The predicted molar refractivity (Wildman–Crippen MR) is 143 cm³/mol. The zero-order valence-electron chi connectivity index (χ0n) is 21.1. The van der Waals surface area contributed by atoms with Gasteiger partial charge in [-0.1, -0.05) is 11.2 Å². The smallest absolute Gasteiger partial charge is 0.303 e. The van der Waals surface area contributed by atoms with Crippen LogP contribution in [-0.4, -0.2) is 26.3 Å². The van der Waals surface area contributed by atoms with Gasteiger partial charge in [0.15, 0.2) is 5.60 Å². The molecule has 2 aliphatic rings. The molecule has 8 heteroatoms. The van der Waals surface area contributed by atoms with Gasteiger partial charge in [-0.05, 0) is 92.8 Å². The van der Waals surface area contributed by atoms with Gasteiger partial charge in [0.1, 0.15) is 11.6 Å². The number of aliphatic carboxylic acids is 1. The van der Waals surface area contributed by atoms with Gasteiger partial charge in [0.05, 0.1) is 22.3 Å². The van der Waals surface area contributed by atoms with Crippen molar-refractivity contribution in [1.29, 1.82) is 0 Å². The summed E-state index contributed by atoms with van der Waals surface area (Å²) in [5.74, 6) is -0.772. The van der Waals surface area contributed by atoms with Crippen LogP contribution in [0.25, 0.3) is 16.6 Å². The molecule has 3 aromatic rings. The average molecular weight is 514 g/mol. The molecule has 1 N–H and O–H groups in total. The number of unbranched alkanes of at least 4 members (excludes halogenated alkanes) is 1.